The molecule has 0 fully saturated rings. The first-order valence-electron chi connectivity index (χ1n) is 6.43. The van der Waals surface area contributed by atoms with Gasteiger partial charge in [-0.15, -0.1) is 11.6 Å². The van der Waals surface area contributed by atoms with Crippen molar-refractivity contribution in [3.63, 3.8) is 0 Å². The summed E-state index contributed by atoms with van der Waals surface area (Å²) in [5, 5.41) is 0.838. The van der Waals surface area contributed by atoms with Crippen molar-refractivity contribution < 1.29 is 4.74 Å². The summed E-state index contributed by atoms with van der Waals surface area (Å²) in [6.07, 6.45) is 0.970. The molecule has 106 valence electrons. The Morgan fingerprint density at radius 2 is 1.90 bits per heavy atom. The van der Waals surface area contributed by atoms with Gasteiger partial charge in [-0.2, -0.15) is 0 Å². The maximum atomic E-state index is 6.51. The van der Waals surface area contributed by atoms with E-state index in [0.29, 0.717) is 16.7 Å². The molecular weight excluding hydrogens is 315 g/mol. The lowest BCUT2D eigenvalue weighted by atomic mass is 10.0. The van der Waals surface area contributed by atoms with Gasteiger partial charge in [-0.1, -0.05) is 48.3 Å². The number of benzene rings is 2. The molecule has 0 aliphatic carbocycles. The SMILES string of the molecule is CCCOc1cccc(C(Cl)c2ccc(Cl)cc2Cl)c1. The van der Waals surface area contributed by atoms with Crippen LogP contribution in [-0.2, 0) is 0 Å². The van der Waals surface area contributed by atoms with E-state index in [4.69, 9.17) is 39.5 Å². The third kappa shape index (κ3) is 3.82. The Bertz CT molecular complexity index is 584. The van der Waals surface area contributed by atoms with Crippen LogP contribution in [0.1, 0.15) is 29.8 Å². The summed E-state index contributed by atoms with van der Waals surface area (Å²) in [7, 11) is 0. The predicted molar refractivity (Wildman–Crippen MR) is 86.4 cm³/mol. The van der Waals surface area contributed by atoms with Gasteiger partial charge in [0.25, 0.3) is 0 Å². The maximum Gasteiger partial charge on any atom is 0.119 e. The van der Waals surface area contributed by atoms with Crippen LogP contribution in [0.2, 0.25) is 10.0 Å². The first-order valence-corrected chi connectivity index (χ1v) is 7.63. The van der Waals surface area contributed by atoms with Crippen molar-refractivity contribution in [2.24, 2.45) is 0 Å². The highest BCUT2D eigenvalue weighted by Gasteiger charge is 2.15. The predicted octanol–water partition coefficient (Wildman–Crippen LogP) is 6.11. The lowest BCUT2D eigenvalue weighted by Gasteiger charge is -2.14. The minimum absolute atomic E-state index is 0.329. The smallest absolute Gasteiger partial charge is 0.119 e. The average molecular weight is 330 g/mol. The molecule has 0 spiro atoms. The lowest BCUT2D eigenvalue weighted by Crippen LogP contribution is -1.98. The molecule has 0 aliphatic rings. The van der Waals surface area contributed by atoms with Gasteiger partial charge in [-0.25, -0.2) is 0 Å². The Kier molecular flexibility index (Phi) is 5.59. The molecular formula is C16H15Cl3O. The average Bonchev–Trinajstić information content (AvgIpc) is 2.45. The summed E-state index contributed by atoms with van der Waals surface area (Å²) in [6.45, 7) is 2.76. The van der Waals surface area contributed by atoms with Crippen LogP contribution in [-0.4, -0.2) is 6.61 Å². The summed E-state index contributed by atoms with van der Waals surface area (Å²) in [6, 6.07) is 13.1. The Balaban J connectivity index is 2.26. The molecule has 0 radical (unpaired) electrons. The first kappa shape index (κ1) is 15.5. The second-order valence-electron chi connectivity index (χ2n) is 4.45. The first-order chi connectivity index (χ1) is 9.61. The zero-order valence-electron chi connectivity index (χ0n) is 11.1. The van der Waals surface area contributed by atoms with Gasteiger partial charge in [-0.3, -0.25) is 0 Å². The summed E-state index contributed by atoms with van der Waals surface area (Å²) in [5.74, 6) is 0.820. The van der Waals surface area contributed by atoms with Crippen molar-refractivity contribution >= 4 is 34.8 Å². The summed E-state index contributed by atoms with van der Waals surface area (Å²) >= 11 is 18.6. The summed E-state index contributed by atoms with van der Waals surface area (Å²) in [5.41, 5.74) is 1.79. The Morgan fingerprint density at radius 1 is 1.10 bits per heavy atom. The van der Waals surface area contributed by atoms with Gasteiger partial charge in [0.05, 0.1) is 12.0 Å². The quantitative estimate of drug-likeness (QED) is 0.601. The molecule has 1 unspecified atom stereocenters. The minimum Gasteiger partial charge on any atom is -0.494 e. The van der Waals surface area contributed by atoms with E-state index in [2.05, 4.69) is 6.92 Å². The van der Waals surface area contributed by atoms with E-state index in [-0.39, 0.29) is 5.38 Å². The molecule has 0 amide bonds. The van der Waals surface area contributed by atoms with Crippen LogP contribution in [0.3, 0.4) is 0 Å². The third-order valence-corrected chi connectivity index (χ3v) is 3.91. The van der Waals surface area contributed by atoms with Crippen molar-refractivity contribution in [3.05, 3.63) is 63.6 Å². The van der Waals surface area contributed by atoms with E-state index in [9.17, 15) is 0 Å². The van der Waals surface area contributed by atoms with Crippen molar-refractivity contribution in [1.29, 1.82) is 0 Å². The van der Waals surface area contributed by atoms with E-state index in [1.807, 2.05) is 30.3 Å². The van der Waals surface area contributed by atoms with Crippen LogP contribution in [0.25, 0.3) is 0 Å². The van der Waals surface area contributed by atoms with Crippen LogP contribution in [0.4, 0.5) is 0 Å². The van der Waals surface area contributed by atoms with Gasteiger partial charge < -0.3 is 4.74 Å². The maximum absolute atomic E-state index is 6.51. The lowest BCUT2D eigenvalue weighted by molar-refractivity contribution is 0.317. The zero-order chi connectivity index (χ0) is 14.5. The van der Waals surface area contributed by atoms with Gasteiger partial charge >= 0.3 is 0 Å². The molecule has 0 aliphatic heterocycles. The molecule has 4 heteroatoms. The number of hydrogen-bond acceptors (Lipinski definition) is 1. The molecule has 1 atom stereocenters. The standard InChI is InChI=1S/C16H15Cl3O/c1-2-8-20-13-5-3-4-11(9-13)16(19)14-7-6-12(17)10-15(14)18/h3-7,9-10,16H,2,8H2,1H3. The van der Waals surface area contributed by atoms with Crippen LogP contribution in [0.5, 0.6) is 5.75 Å². The van der Waals surface area contributed by atoms with E-state index in [1.54, 1.807) is 12.1 Å². The van der Waals surface area contributed by atoms with Crippen molar-refractivity contribution in [2.75, 3.05) is 6.61 Å². The molecule has 1 nitrogen and oxygen atoms in total. The van der Waals surface area contributed by atoms with Crippen molar-refractivity contribution in [3.8, 4) is 5.75 Å². The molecule has 2 rings (SSSR count). The number of rotatable bonds is 5. The van der Waals surface area contributed by atoms with Crippen LogP contribution >= 0.6 is 34.8 Å². The van der Waals surface area contributed by atoms with Gasteiger partial charge in [0.15, 0.2) is 0 Å². The van der Waals surface area contributed by atoms with Gasteiger partial charge in [-0.05, 0) is 41.8 Å². The van der Waals surface area contributed by atoms with Crippen molar-refractivity contribution in [1.82, 2.24) is 0 Å². The van der Waals surface area contributed by atoms with Crippen LogP contribution in [0, 0.1) is 0 Å². The molecule has 0 aromatic heterocycles. The Hall–Kier alpha value is -0.890. The number of ether oxygens (including phenoxy) is 1. The van der Waals surface area contributed by atoms with Crippen molar-refractivity contribution in [2.45, 2.75) is 18.7 Å². The van der Waals surface area contributed by atoms with Crippen LogP contribution in [0.15, 0.2) is 42.5 Å². The number of halogens is 3. The van der Waals surface area contributed by atoms with Crippen LogP contribution < -0.4 is 4.74 Å². The molecule has 20 heavy (non-hydrogen) atoms. The van der Waals surface area contributed by atoms with Gasteiger partial charge in [0, 0.05) is 10.0 Å². The summed E-state index contributed by atoms with van der Waals surface area (Å²) in [4.78, 5) is 0. The molecule has 0 saturated carbocycles. The third-order valence-electron chi connectivity index (χ3n) is 2.86. The molecule has 2 aromatic carbocycles. The highest BCUT2D eigenvalue weighted by molar-refractivity contribution is 6.36. The topological polar surface area (TPSA) is 9.23 Å². The Morgan fingerprint density at radius 3 is 2.60 bits per heavy atom. The number of hydrogen-bond donors (Lipinski definition) is 0. The highest BCUT2D eigenvalue weighted by atomic mass is 35.5. The molecule has 0 heterocycles. The fraction of sp³-hybridized carbons (Fsp3) is 0.250. The largest absolute Gasteiger partial charge is 0.494 e. The molecule has 0 bridgehead atoms. The van der Waals surface area contributed by atoms with Gasteiger partial charge in [0.2, 0.25) is 0 Å². The minimum atomic E-state index is -0.329. The fourth-order valence-corrected chi connectivity index (χ4v) is 2.77. The monoisotopic (exact) mass is 328 g/mol. The zero-order valence-corrected chi connectivity index (χ0v) is 13.3. The molecule has 0 N–H and O–H groups in total. The second-order valence-corrected chi connectivity index (χ2v) is 5.73. The molecule has 0 saturated heterocycles. The number of alkyl halides is 1. The van der Waals surface area contributed by atoms with E-state index < -0.39 is 0 Å². The Labute approximate surface area is 134 Å². The summed E-state index contributed by atoms with van der Waals surface area (Å²) < 4.78 is 5.62. The van der Waals surface area contributed by atoms with E-state index in [1.165, 1.54) is 0 Å². The van der Waals surface area contributed by atoms with E-state index >= 15 is 0 Å². The van der Waals surface area contributed by atoms with Gasteiger partial charge in [0.1, 0.15) is 5.75 Å². The van der Waals surface area contributed by atoms with E-state index in [0.717, 1.165) is 23.3 Å². The normalized spacial score (nSPS) is 12.2. The fourth-order valence-electron chi connectivity index (χ4n) is 1.87. The highest BCUT2D eigenvalue weighted by Crippen LogP contribution is 2.36. The second kappa shape index (κ2) is 7.21. The molecule has 2 aromatic rings.